The van der Waals surface area contributed by atoms with Gasteiger partial charge in [-0.3, -0.25) is 19.7 Å². The Bertz CT molecular complexity index is 231. The highest BCUT2D eigenvalue weighted by Gasteiger charge is 2.24. The van der Waals surface area contributed by atoms with Crippen LogP contribution in [0.5, 0.6) is 0 Å². The highest BCUT2D eigenvalue weighted by atomic mass is 16.7. The first-order chi connectivity index (χ1) is 6.08. The van der Waals surface area contributed by atoms with E-state index in [1.54, 1.807) is 0 Å². The fourth-order valence-electron chi connectivity index (χ4n) is 0.810. The minimum absolute atomic E-state index is 0.0189. The number of rotatable bonds is 1. The first-order valence-electron chi connectivity index (χ1n) is 3.74. The minimum Gasteiger partial charge on any atom is -0.406 e. The molecule has 0 saturated carbocycles. The predicted octanol–water partition coefficient (Wildman–Crippen LogP) is -0.714. The fraction of sp³-hybridized carbons (Fsp3) is 0.571. The molecule has 0 bridgehead atoms. The van der Waals surface area contributed by atoms with Gasteiger partial charge >= 0.3 is 18.4 Å². The second-order valence-electron chi connectivity index (χ2n) is 2.51. The molecule has 6 heteroatoms. The third kappa shape index (κ3) is 3.10. The lowest BCUT2D eigenvalue weighted by Crippen LogP contribution is -2.38. The van der Waals surface area contributed by atoms with E-state index in [2.05, 4.69) is 14.8 Å². The van der Waals surface area contributed by atoms with E-state index in [-0.39, 0.29) is 12.8 Å². The van der Waals surface area contributed by atoms with Gasteiger partial charge in [0.2, 0.25) is 5.91 Å². The normalized spacial score (nSPS) is 18.5. The van der Waals surface area contributed by atoms with Crippen molar-refractivity contribution in [3.8, 4) is 0 Å². The van der Waals surface area contributed by atoms with Crippen LogP contribution in [-0.2, 0) is 23.9 Å². The van der Waals surface area contributed by atoms with Crippen LogP contribution in [0.2, 0.25) is 0 Å². The van der Waals surface area contributed by atoms with E-state index in [1.807, 2.05) is 0 Å². The maximum Gasteiger partial charge on any atom is 0.331 e. The van der Waals surface area contributed by atoms with Gasteiger partial charge in [-0.2, -0.15) is 0 Å². The van der Waals surface area contributed by atoms with Crippen molar-refractivity contribution in [3.63, 3.8) is 0 Å². The molecule has 0 aromatic carbocycles. The first kappa shape index (κ1) is 9.50. The van der Waals surface area contributed by atoms with E-state index in [0.29, 0.717) is 0 Å². The van der Waals surface area contributed by atoms with E-state index in [1.165, 1.54) is 6.92 Å². The second-order valence-corrected chi connectivity index (χ2v) is 2.51. The zero-order chi connectivity index (χ0) is 9.84. The first-order valence-corrected chi connectivity index (χ1v) is 3.74. The smallest absolute Gasteiger partial charge is 0.331 e. The van der Waals surface area contributed by atoms with Gasteiger partial charge in [0.05, 0.1) is 12.8 Å². The van der Waals surface area contributed by atoms with Gasteiger partial charge in [-0.1, -0.05) is 0 Å². The summed E-state index contributed by atoms with van der Waals surface area (Å²) in [6.45, 7) is 1.23. The van der Waals surface area contributed by atoms with Crippen molar-refractivity contribution in [3.05, 3.63) is 0 Å². The van der Waals surface area contributed by atoms with Crippen molar-refractivity contribution < 1.29 is 23.9 Å². The van der Waals surface area contributed by atoms with E-state index < -0.39 is 24.3 Å². The summed E-state index contributed by atoms with van der Waals surface area (Å²) in [5.41, 5.74) is 0. The Morgan fingerprint density at radius 1 is 1.31 bits per heavy atom. The van der Waals surface area contributed by atoms with Crippen LogP contribution in [-0.4, -0.2) is 24.3 Å². The highest BCUT2D eigenvalue weighted by Crippen LogP contribution is 2.06. The molecule has 0 unspecified atom stereocenters. The molecule has 0 aliphatic carbocycles. The third-order valence-corrected chi connectivity index (χ3v) is 1.33. The van der Waals surface area contributed by atoms with Gasteiger partial charge in [0.1, 0.15) is 0 Å². The van der Waals surface area contributed by atoms with Crippen molar-refractivity contribution in [1.82, 2.24) is 5.32 Å². The Kier molecular flexibility index (Phi) is 2.84. The van der Waals surface area contributed by atoms with E-state index >= 15 is 0 Å². The van der Waals surface area contributed by atoms with Crippen LogP contribution in [0.3, 0.4) is 0 Å². The summed E-state index contributed by atoms with van der Waals surface area (Å²) in [4.78, 5) is 32.2. The molecule has 13 heavy (non-hydrogen) atoms. The van der Waals surface area contributed by atoms with E-state index in [9.17, 15) is 14.4 Å². The quantitative estimate of drug-likeness (QED) is 0.548. The van der Waals surface area contributed by atoms with Gasteiger partial charge in [-0.15, -0.1) is 0 Å². The molecule has 0 spiro atoms. The summed E-state index contributed by atoms with van der Waals surface area (Å²) in [5, 5.41) is 2.16. The predicted molar refractivity (Wildman–Crippen MR) is 39.0 cm³/mol. The van der Waals surface area contributed by atoms with Crippen LogP contribution < -0.4 is 5.32 Å². The molecule has 1 saturated heterocycles. The molecule has 1 fully saturated rings. The molecule has 0 aromatic rings. The van der Waals surface area contributed by atoms with Crippen LogP contribution in [0.15, 0.2) is 0 Å². The lowest BCUT2D eigenvalue weighted by atomic mass is 10.3. The number of nitrogens with one attached hydrogen (secondary N) is 1. The van der Waals surface area contributed by atoms with Crippen molar-refractivity contribution in [1.29, 1.82) is 0 Å². The van der Waals surface area contributed by atoms with Crippen molar-refractivity contribution >= 4 is 17.8 Å². The Morgan fingerprint density at radius 2 is 1.77 bits per heavy atom. The molecule has 1 N–H and O–H groups in total. The molecule has 6 nitrogen and oxygen atoms in total. The molecule has 0 radical (unpaired) electrons. The maximum absolute atomic E-state index is 10.8. The summed E-state index contributed by atoms with van der Waals surface area (Å²) in [6, 6.07) is 0. The average Bonchev–Trinajstić information content (AvgIpc) is 2.11. The topological polar surface area (TPSA) is 81.7 Å². The molecular formula is C7H9NO5. The van der Waals surface area contributed by atoms with Crippen LogP contribution >= 0.6 is 0 Å². The number of hydrogen-bond acceptors (Lipinski definition) is 5. The van der Waals surface area contributed by atoms with Gasteiger partial charge in [0.25, 0.3) is 0 Å². The number of hydrogen-bond donors (Lipinski definition) is 1. The molecular weight excluding hydrogens is 178 g/mol. The van der Waals surface area contributed by atoms with Crippen LogP contribution in [0.1, 0.15) is 19.8 Å². The molecule has 1 amide bonds. The largest absolute Gasteiger partial charge is 0.406 e. The summed E-state index contributed by atoms with van der Waals surface area (Å²) in [7, 11) is 0. The SMILES string of the molecule is CC(=O)NC1OC(=O)CCC(=O)O1. The van der Waals surface area contributed by atoms with Crippen molar-refractivity contribution in [2.24, 2.45) is 0 Å². The van der Waals surface area contributed by atoms with E-state index in [0.717, 1.165) is 0 Å². The molecule has 1 rings (SSSR count). The molecule has 72 valence electrons. The van der Waals surface area contributed by atoms with Crippen molar-refractivity contribution in [2.75, 3.05) is 0 Å². The number of amides is 1. The Hall–Kier alpha value is -1.59. The number of carbonyl (C=O) groups is 3. The lowest BCUT2D eigenvalue weighted by Gasteiger charge is -2.14. The standard InChI is InChI=1S/C7H9NO5/c1-4(9)8-7-12-5(10)2-3-6(11)13-7/h7H,2-3H2,1H3,(H,8,9). The zero-order valence-corrected chi connectivity index (χ0v) is 7.03. The highest BCUT2D eigenvalue weighted by molar-refractivity contribution is 5.80. The Labute approximate surface area is 74.2 Å². The van der Waals surface area contributed by atoms with Crippen molar-refractivity contribution in [2.45, 2.75) is 26.2 Å². The monoisotopic (exact) mass is 187 g/mol. The minimum atomic E-state index is -1.28. The van der Waals surface area contributed by atoms with Gasteiger partial charge in [-0.05, 0) is 0 Å². The summed E-state index contributed by atoms with van der Waals surface area (Å²) in [6.07, 6.45) is -1.32. The molecule has 1 aliphatic heterocycles. The number of esters is 2. The third-order valence-electron chi connectivity index (χ3n) is 1.33. The van der Waals surface area contributed by atoms with Crippen LogP contribution in [0.4, 0.5) is 0 Å². The Morgan fingerprint density at radius 3 is 2.15 bits per heavy atom. The van der Waals surface area contributed by atoms with Gasteiger partial charge in [0.15, 0.2) is 0 Å². The zero-order valence-electron chi connectivity index (χ0n) is 7.03. The lowest BCUT2D eigenvalue weighted by molar-refractivity contribution is -0.186. The maximum atomic E-state index is 10.8. The molecule has 1 aliphatic rings. The van der Waals surface area contributed by atoms with Crippen LogP contribution in [0.25, 0.3) is 0 Å². The number of ether oxygens (including phenoxy) is 2. The van der Waals surface area contributed by atoms with Crippen LogP contribution in [0, 0.1) is 0 Å². The Balaban J connectivity index is 2.56. The molecule has 0 atom stereocenters. The van der Waals surface area contributed by atoms with E-state index in [4.69, 9.17) is 0 Å². The van der Waals surface area contributed by atoms with Gasteiger partial charge < -0.3 is 9.47 Å². The number of carbonyl (C=O) groups excluding carboxylic acids is 3. The fourth-order valence-corrected chi connectivity index (χ4v) is 0.810. The number of cyclic esters (lactones) is 2. The summed E-state index contributed by atoms with van der Waals surface area (Å²) in [5.74, 6) is -1.57. The second kappa shape index (κ2) is 3.88. The summed E-state index contributed by atoms with van der Waals surface area (Å²) >= 11 is 0. The summed E-state index contributed by atoms with van der Waals surface area (Å²) < 4.78 is 9.16. The molecule has 0 aromatic heterocycles. The average molecular weight is 187 g/mol. The molecule has 1 heterocycles. The van der Waals surface area contributed by atoms with Gasteiger partial charge in [0, 0.05) is 6.92 Å². The van der Waals surface area contributed by atoms with Gasteiger partial charge in [-0.25, -0.2) is 0 Å².